The van der Waals surface area contributed by atoms with Crippen molar-refractivity contribution in [3.8, 4) is 0 Å². The Kier molecular flexibility index (Phi) is 25.6. The third-order valence-corrected chi connectivity index (χ3v) is 4.34. The highest BCUT2D eigenvalue weighted by Crippen LogP contribution is 2.03. The topological polar surface area (TPSA) is 86.3 Å². The molecule has 0 aromatic carbocycles. The minimum Gasteiger partial charge on any atom is -0.463 e. The second kappa shape index (κ2) is 24.9. The molecule has 1 heterocycles. The number of carbonyl (C=O) groups excluding carboxylic acids is 2. The highest BCUT2D eigenvalue weighted by atomic mass is 16.6. The van der Waals surface area contributed by atoms with Crippen molar-refractivity contribution in [1.29, 1.82) is 0 Å². The van der Waals surface area contributed by atoms with Gasteiger partial charge < -0.3 is 29.2 Å². The Balaban J connectivity index is 0. The standard InChI is InChI=1S/C20H38N2O6.2C3H8/c1-5-6-19(23)27-14-17(3)25-13-16(2)26-15-18(4)28-20(24)7-10-22-11-8-21-9-12-22;2*1-3-2/h16-18,21H,5-15H2,1-4H3;2*3H2,1-2H3. The molecule has 8 heteroatoms. The van der Waals surface area contributed by atoms with Gasteiger partial charge in [-0.3, -0.25) is 9.59 Å². The van der Waals surface area contributed by atoms with E-state index in [4.69, 9.17) is 18.9 Å². The molecule has 3 atom stereocenters. The molecule has 0 saturated carbocycles. The van der Waals surface area contributed by atoms with Gasteiger partial charge in [0, 0.05) is 39.1 Å². The third kappa shape index (κ3) is 23.9. The number of esters is 2. The SMILES string of the molecule is CCC.CCC.CCCC(=O)OCC(C)OCC(C)OCC(C)OC(=O)CCN1CCNCC1. The summed E-state index contributed by atoms with van der Waals surface area (Å²) in [5.41, 5.74) is 0. The second-order valence-corrected chi connectivity index (χ2v) is 8.78. The monoisotopic (exact) mass is 490 g/mol. The lowest BCUT2D eigenvalue weighted by atomic mass is 10.3. The van der Waals surface area contributed by atoms with Crippen LogP contribution in [0, 0.1) is 0 Å². The zero-order valence-corrected chi connectivity index (χ0v) is 23.3. The Hall–Kier alpha value is -1.22. The van der Waals surface area contributed by atoms with Crippen LogP contribution in [0.25, 0.3) is 0 Å². The van der Waals surface area contributed by atoms with E-state index >= 15 is 0 Å². The van der Waals surface area contributed by atoms with E-state index in [-0.39, 0.29) is 36.9 Å². The van der Waals surface area contributed by atoms with E-state index in [0.717, 1.165) is 39.1 Å². The molecule has 1 aliphatic rings. The number of hydrogen-bond acceptors (Lipinski definition) is 8. The number of hydrogen-bond donors (Lipinski definition) is 1. The first-order chi connectivity index (χ1) is 16.2. The summed E-state index contributed by atoms with van der Waals surface area (Å²) >= 11 is 0. The molecule has 34 heavy (non-hydrogen) atoms. The Morgan fingerprint density at radius 2 is 1.26 bits per heavy atom. The molecule has 0 aromatic rings. The van der Waals surface area contributed by atoms with Crippen molar-refractivity contribution in [2.75, 3.05) is 52.5 Å². The maximum Gasteiger partial charge on any atom is 0.307 e. The fourth-order valence-corrected chi connectivity index (χ4v) is 2.68. The summed E-state index contributed by atoms with van der Waals surface area (Å²) in [6.07, 6.45) is 3.47. The molecule has 1 fully saturated rings. The van der Waals surface area contributed by atoms with Gasteiger partial charge in [-0.2, -0.15) is 0 Å². The molecule has 1 N–H and O–H groups in total. The van der Waals surface area contributed by atoms with Gasteiger partial charge in [-0.05, 0) is 27.2 Å². The van der Waals surface area contributed by atoms with Crippen LogP contribution in [0.15, 0.2) is 0 Å². The lowest BCUT2D eigenvalue weighted by Crippen LogP contribution is -2.44. The normalized spacial score (nSPS) is 16.1. The minimum absolute atomic E-state index is 0.143. The summed E-state index contributed by atoms with van der Waals surface area (Å²) < 4.78 is 21.8. The highest BCUT2D eigenvalue weighted by Gasteiger charge is 2.16. The Morgan fingerprint density at radius 3 is 1.79 bits per heavy atom. The van der Waals surface area contributed by atoms with Crippen LogP contribution in [0.1, 0.15) is 87.5 Å². The molecule has 0 amide bonds. The molecule has 0 spiro atoms. The fraction of sp³-hybridized carbons (Fsp3) is 0.923. The molecule has 0 radical (unpaired) electrons. The first-order valence-corrected chi connectivity index (χ1v) is 13.2. The predicted octanol–water partition coefficient (Wildman–Crippen LogP) is 4.20. The lowest BCUT2D eigenvalue weighted by Gasteiger charge is -2.26. The van der Waals surface area contributed by atoms with Crippen LogP contribution < -0.4 is 5.32 Å². The van der Waals surface area contributed by atoms with Crippen LogP contribution in [0.3, 0.4) is 0 Å². The van der Waals surface area contributed by atoms with Crippen LogP contribution in [0.2, 0.25) is 0 Å². The zero-order valence-electron chi connectivity index (χ0n) is 23.3. The molecular formula is C26H54N2O6. The fourth-order valence-electron chi connectivity index (χ4n) is 2.68. The molecule has 3 unspecified atom stereocenters. The van der Waals surface area contributed by atoms with Gasteiger partial charge >= 0.3 is 11.9 Å². The smallest absolute Gasteiger partial charge is 0.307 e. The van der Waals surface area contributed by atoms with Gasteiger partial charge in [0.25, 0.3) is 0 Å². The summed E-state index contributed by atoms with van der Waals surface area (Å²) in [6, 6.07) is 0. The van der Waals surface area contributed by atoms with E-state index in [2.05, 4.69) is 37.9 Å². The number of piperazine rings is 1. The summed E-state index contributed by atoms with van der Waals surface area (Å²) in [5, 5.41) is 3.29. The first kappa shape index (κ1) is 34.9. The van der Waals surface area contributed by atoms with E-state index < -0.39 is 0 Å². The number of rotatable bonds is 14. The van der Waals surface area contributed by atoms with Crippen LogP contribution >= 0.6 is 0 Å². The Bertz CT molecular complexity index is 470. The van der Waals surface area contributed by atoms with Crippen molar-refractivity contribution in [3.05, 3.63) is 0 Å². The van der Waals surface area contributed by atoms with Crippen LogP contribution in [-0.2, 0) is 28.5 Å². The molecular weight excluding hydrogens is 436 g/mol. The van der Waals surface area contributed by atoms with Crippen LogP contribution in [0.4, 0.5) is 0 Å². The van der Waals surface area contributed by atoms with Gasteiger partial charge in [0.1, 0.15) is 12.7 Å². The van der Waals surface area contributed by atoms with Gasteiger partial charge in [0.05, 0.1) is 31.8 Å². The number of nitrogens with zero attached hydrogens (tertiary/aromatic N) is 1. The predicted molar refractivity (Wildman–Crippen MR) is 138 cm³/mol. The first-order valence-electron chi connectivity index (χ1n) is 13.2. The maximum atomic E-state index is 11.9. The lowest BCUT2D eigenvalue weighted by molar-refractivity contribution is -0.155. The summed E-state index contributed by atoms with van der Waals surface area (Å²) in [5.74, 6) is -0.393. The van der Waals surface area contributed by atoms with Gasteiger partial charge in [-0.25, -0.2) is 0 Å². The number of carbonyl (C=O) groups is 2. The average molecular weight is 491 g/mol. The Morgan fingerprint density at radius 1 is 0.765 bits per heavy atom. The summed E-state index contributed by atoms with van der Waals surface area (Å²) in [6.45, 7) is 21.6. The van der Waals surface area contributed by atoms with Gasteiger partial charge in [-0.1, -0.05) is 47.5 Å². The molecule has 0 bridgehead atoms. The van der Waals surface area contributed by atoms with Crippen molar-refractivity contribution in [2.24, 2.45) is 0 Å². The summed E-state index contributed by atoms with van der Waals surface area (Å²) in [4.78, 5) is 25.5. The zero-order chi connectivity index (χ0) is 26.2. The third-order valence-electron chi connectivity index (χ3n) is 4.34. The van der Waals surface area contributed by atoms with Gasteiger partial charge in [0.2, 0.25) is 0 Å². The van der Waals surface area contributed by atoms with Crippen LogP contribution in [-0.4, -0.2) is 87.7 Å². The maximum absolute atomic E-state index is 11.9. The number of ether oxygens (including phenoxy) is 4. The quantitative estimate of drug-likeness (QED) is 0.363. The molecule has 8 nitrogen and oxygen atoms in total. The molecule has 1 saturated heterocycles. The average Bonchev–Trinajstić information content (AvgIpc) is 2.80. The molecule has 1 aliphatic heterocycles. The molecule has 0 aromatic heterocycles. The van der Waals surface area contributed by atoms with E-state index in [1.54, 1.807) is 0 Å². The largest absolute Gasteiger partial charge is 0.463 e. The van der Waals surface area contributed by atoms with Crippen molar-refractivity contribution >= 4 is 11.9 Å². The number of nitrogens with one attached hydrogen (secondary N) is 1. The van der Waals surface area contributed by atoms with E-state index in [1.165, 1.54) is 12.8 Å². The van der Waals surface area contributed by atoms with Crippen molar-refractivity contribution < 1.29 is 28.5 Å². The second-order valence-electron chi connectivity index (χ2n) is 8.78. The Labute approximate surface area is 209 Å². The molecule has 204 valence electrons. The molecule has 0 aliphatic carbocycles. The van der Waals surface area contributed by atoms with Crippen molar-refractivity contribution in [1.82, 2.24) is 10.2 Å². The highest BCUT2D eigenvalue weighted by molar-refractivity contribution is 5.69. The van der Waals surface area contributed by atoms with E-state index in [1.807, 2.05) is 27.7 Å². The van der Waals surface area contributed by atoms with Crippen molar-refractivity contribution in [2.45, 2.75) is 106 Å². The minimum atomic E-state index is -0.301. The summed E-state index contributed by atoms with van der Waals surface area (Å²) in [7, 11) is 0. The van der Waals surface area contributed by atoms with Gasteiger partial charge in [-0.15, -0.1) is 0 Å². The van der Waals surface area contributed by atoms with E-state index in [9.17, 15) is 9.59 Å². The van der Waals surface area contributed by atoms with Gasteiger partial charge in [0.15, 0.2) is 0 Å². The van der Waals surface area contributed by atoms with E-state index in [0.29, 0.717) is 26.1 Å². The molecule has 1 rings (SSSR count). The van der Waals surface area contributed by atoms with Crippen LogP contribution in [0.5, 0.6) is 0 Å². The van der Waals surface area contributed by atoms with Crippen molar-refractivity contribution in [3.63, 3.8) is 0 Å².